The summed E-state index contributed by atoms with van der Waals surface area (Å²) in [6.45, 7) is 3.70. The van der Waals surface area contributed by atoms with Crippen LogP contribution in [-0.4, -0.2) is 44.0 Å². The van der Waals surface area contributed by atoms with E-state index in [1.54, 1.807) is 32.0 Å². The number of carbonyl (C=O) groups is 1. The van der Waals surface area contributed by atoms with Crippen molar-refractivity contribution in [1.29, 1.82) is 0 Å². The zero-order chi connectivity index (χ0) is 19.9. The molecule has 1 aromatic rings. The van der Waals surface area contributed by atoms with Crippen LogP contribution in [0.5, 0.6) is 0 Å². The molecular weight excluding hydrogens is 370 g/mol. The minimum absolute atomic E-state index is 0.109. The number of allylic oxidation sites excluding steroid dienone is 1. The van der Waals surface area contributed by atoms with E-state index in [9.17, 15) is 13.2 Å². The Hall–Kier alpha value is -1.74. The fourth-order valence-corrected chi connectivity index (χ4v) is 3.94. The van der Waals surface area contributed by atoms with Crippen LogP contribution in [0.2, 0.25) is 0 Å². The monoisotopic (exact) mass is 397 g/mol. The second-order valence-electron chi connectivity index (χ2n) is 6.87. The highest BCUT2D eigenvalue weighted by atomic mass is 32.2. The molecule has 0 spiro atoms. The maximum atomic E-state index is 12.4. The van der Waals surface area contributed by atoms with Crippen molar-refractivity contribution in [1.82, 2.24) is 4.72 Å². The Bertz CT molecular complexity index is 745. The van der Waals surface area contributed by atoms with Gasteiger partial charge in [0.1, 0.15) is 6.10 Å². The van der Waals surface area contributed by atoms with Gasteiger partial charge >= 0.3 is 5.97 Å². The minimum Gasteiger partial charge on any atom is -0.481 e. The number of carboxylic acid groups (broad SMARTS) is 1. The first-order valence-electron chi connectivity index (χ1n) is 8.97. The molecule has 2 atom stereocenters. The summed E-state index contributed by atoms with van der Waals surface area (Å²) in [4.78, 5) is 10.7. The molecule has 8 heteroatoms. The Morgan fingerprint density at radius 1 is 1.19 bits per heavy atom. The van der Waals surface area contributed by atoms with Crippen LogP contribution in [0.25, 0.3) is 0 Å². The number of rotatable bonds is 10. The van der Waals surface area contributed by atoms with Crippen molar-refractivity contribution in [2.24, 2.45) is 0 Å². The Balaban J connectivity index is 1.89. The Labute approximate surface area is 160 Å². The van der Waals surface area contributed by atoms with Crippen LogP contribution in [0, 0.1) is 0 Å². The van der Waals surface area contributed by atoms with Crippen molar-refractivity contribution in [3.8, 4) is 0 Å². The number of hydrogen-bond donors (Lipinski definition) is 2. The lowest BCUT2D eigenvalue weighted by atomic mass is 10.1. The second kappa shape index (κ2) is 9.45. The van der Waals surface area contributed by atoms with Crippen LogP contribution in [0.4, 0.5) is 0 Å². The van der Waals surface area contributed by atoms with Crippen LogP contribution in [0.1, 0.15) is 39.5 Å². The molecule has 1 aliphatic heterocycles. The molecule has 0 saturated carbocycles. The van der Waals surface area contributed by atoms with Gasteiger partial charge in [-0.1, -0.05) is 30.4 Å². The third-order valence-electron chi connectivity index (χ3n) is 4.11. The van der Waals surface area contributed by atoms with Crippen molar-refractivity contribution in [2.75, 3.05) is 6.54 Å². The van der Waals surface area contributed by atoms with Crippen LogP contribution < -0.4 is 4.72 Å². The van der Waals surface area contributed by atoms with Crippen molar-refractivity contribution in [3.63, 3.8) is 0 Å². The second-order valence-corrected chi connectivity index (χ2v) is 8.64. The van der Waals surface area contributed by atoms with Crippen LogP contribution >= 0.6 is 0 Å². The quantitative estimate of drug-likeness (QED) is 0.465. The van der Waals surface area contributed by atoms with Gasteiger partial charge < -0.3 is 14.6 Å². The van der Waals surface area contributed by atoms with Crippen molar-refractivity contribution in [2.45, 2.75) is 62.4 Å². The lowest BCUT2D eigenvalue weighted by molar-refractivity contribution is -0.145. The van der Waals surface area contributed by atoms with E-state index in [-0.39, 0.29) is 24.0 Å². The number of carboxylic acids is 1. The first-order chi connectivity index (χ1) is 12.7. The molecule has 1 fully saturated rings. The lowest BCUT2D eigenvalue weighted by Crippen LogP contribution is -2.37. The number of hydrogen-bond acceptors (Lipinski definition) is 5. The summed E-state index contributed by atoms with van der Waals surface area (Å²) < 4.78 is 39.1. The van der Waals surface area contributed by atoms with Crippen molar-refractivity contribution < 1.29 is 27.8 Å². The molecule has 2 rings (SSSR count). The highest BCUT2D eigenvalue weighted by molar-refractivity contribution is 7.89. The smallest absolute Gasteiger partial charge is 0.303 e. The molecule has 1 aliphatic rings. The van der Waals surface area contributed by atoms with Gasteiger partial charge in [0.2, 0.25) is 10.0 Å². The standard InChI is InChI=1S/C19H27NO6S/c1-19(2)25-16(12-8-3-4-9-13-18(21)22)17(26-19)14-20-27(23,24)15-10-6-5-7-11-15/h3,5-8,10-11,16-17,20H,4,9,12-14H2,1-2H3,(H,21,22)/b8-3-/t16-,17+/m0/s1. The van der Waals surface area contributed by atoms with Gasteiger partial charge in [0.15, 0.2) is 5.79 Å². The average molecular weight is 397 g/mol. The van der Waals surface area contributed by atoms with Crippen molar-refractivity contribution in [3.05, 3.63) is 42.5 Å². The molecular formula is C19H27NO6S. The molecule has 1 aromatic carbocycles. The number of aliphatic carboxylic acids is 1. The van der Waals surface area contributed by atoms with E-state index in [1.807, 2.05) is 12.2 Å². The molecule has 0 unspecified atom stereocenters. The molecule has 1 heterocycles. The molecule has 0 amide bonds. The molecule has 1 saturated heterocycles. The van der Waals surface area contributed by atoms with Gasteiger partial charge in [-0.3, -0.25) is 4.79 Å². The normalized spacial score (nSPS) is 22.3. The number of nitrogens with one attached hydrogen (secondary N) is 1. The first-order valence-corrected chi connectivity index (χ1v) is 10.4. The molecule has 150 valence electrons. The summed E-state index contributed by atoms with van der Waals surface area (Å²) in [5, 5.41) is 8.63. The zero-order valence-corrected chi connectivity index (χ0v) is 16.4. The highest BCUT2D eigenvalue weighted by Crippen LogP contribution is 2.30. The summed E-state index contributed by atoms with van der Waals surface area (Å²) in [6.07, 6.45) is 5.11. The van der Waals surface area contributed by atoms with Gasteiger partial charge in [0.05, 0.1) is 11.0 Å². The Morgan fingerprint density at radius 2 is 1.85 bits per heavy atom. The molecule has 27 heavy (non-hydrogen) atoms. The molecule has 0 radical (unpaired) electrons. The fourth-order valence-electron chi connectivity index (χ4n) is 2.88. The maximum absolute atomic E-state index is 12.4. The average Bonchev–Trinajstić information content (AvgIpc) is 2.90. The van der Waals surface area contributed by atoms with Gasteiger partial charge in [0.25, 0.3) is 0 Å². The third kappa shape index (κ3) is 7.06. The number of ether oxygens (including phenoxy) is 2. The summed E-state index contributed by atoms with van der Waals surface area (Å²) in [5.41, 5.74) is 0. The van der Waals surface area contributed by atoms with Crippen LogP contribution in [-0.2, 0) is 24.3 Å². The summed E-state index contributed by atoms with van der Waals surface area (Å²) in [5.74, 6) is -1.59. The van der Waals surface area contributed by atoms with E-state index in [2.05, 4.69) is 4.72 Å². The Morgan fingerprint density at radius 3 is 2.52 bits per heavy atom. The third-order valence-corrected chi connectivity index (χ3v) is 5.55. The predicted molar refractivity (Wildman–Crippen MR) is 101 cm³/mol. The lowest BCUT2D eigenvalue weighted by Gasteiger charge is -2.17. The van der Waals surface area contributed by atoms with E-state index >= 15 is 0 Å². The minimum atomic E-state index is -3.61. The maximum Gasteiger partial charge on any atom is 0.303 e. The van der Waals surface area contributed by atoms with E-state index in [0.717, 1.165) is 0 Å². The van der Waals surface area contributed by atoms with E-state index in [0.29, 0.717) is 19.3 Å². The Kier molecular flexibility index (Phi) is 7.55. The predicted octanol–water partition coefficient (Wildman–Crippen LogP) is 2.69. The molecule has 7 nitrogen and oxygen atoms in total. The topological polar surface area (TPSA) is 102 Å². The summed E-state index contributed by atoms with van der Waals surface area (Å²) in [7, 11) is -3.61. The largest absolute Gasteiger partial charge is 0.481 e. The molecule has 0 aliphatic carbocycles. The van der Waals surface area contributed by atoms with Gasteiger partial charge in [-0.25, -0.2) is 13.1 Å². The summed E-state index contributed by atoms with van der Waals surface area (Å²) in [6, 6.07) is 8.18. The van der Waals surface area contributed by atoms with Crippen molar-refractivity contribution >= 4 is 16.0 Å². The van der Waals surface area contributed by atoms with Crippen LogP contribution in [0.15, 0.2) is 47.4 Å². The molecule has 0 bridgehead atoms. The van der Waals surface area contributed by atoms with E-state index in [1.165, 1.54) is 12.1 Å². The van der Waals surface area contributed by atoms with E-state index in [4.69, 9.17) is 14.6 Å². The van der Waals surface area contributed by atoms with Crippen LogP contribution in [0.3, 0.4) is 0 Å². The first kappa shape index (κ1) is 21.6. The van der Waals surface area contributed by atoms with Gasteiger partial charge in [-0.2, -0.15) is 0 Å². The summed E-state index contributed by atoms with van der Waals surface area (Å²) >= 11 is 0. The molecule has 2 N–H and O–H groups in total. The van der Waals surface area contributed by atoms with Gasteiger partial charge in [0, 0.05) is 13.0 Å². The highest BCUT2D eigenvalue weighted by Gasteiger charge is 2.40. The molecule has 0 aromatic heterocycles. The number of sulfonamides is 1. The fraction of sp³-hybridized carbons (Fsp3) is 0.526. The number of benzene rings is 1. The van der Waals surface area contributed by atoms with E-state index < -0.39 is 27.9 Å². The zero-order valence-electron chi connectivity index (χ0n) is 15.6. The number of unbranched alkanes of at least 4 members (excludes halogenated alkanes) is 1. The van der Waals surface area contributed by atoms with Gasteiger partial charge in [-0.05, 0) is 45.2 Å². The SMILES string of the molecule is CC1(C)O[C@@H](C/C=C\CCCC(=O)O)[C@@H](CNS(=O)(=O)c2ccccc2)O1. The van der Waals surface area contributed by atoms with Gasteiger partial charge in [-0.15, -0.1) is 0 Å².